The lowest BCUT2D eigenvalue weighted by molar-refractivity contribution is -0.0522. The maximum absolute atomic E-state index is 12.5. The first-order chi connectivity index (χ1) is 9.65. The number of rotatable bonds is 3. The van der Waals surface area contributed by atoms with E-state index in [1.807, 2.05) is 18.2 Å². The predicted octanol–water partition coefficient (Wildman–Crippen LogP) is 2.74. The molecular formula is C17H23NO2. The van der Waals surface area contributed by atoms with Gasteiger partial charge < -0.3 is 4.74 Å². The van der Waals surface area contributed by atoms with E-state index < -0.39 is 0 Å². The maximum Gasteiger partial charge on any atom is 0.176 e. The van der Waals surface area contributed by atoms with Gasteiger partial charge in [-0.1, -0.05) is 12.1 Å². The van der Waals surface area contributed by atoms with Crippen molar-refractivity contribution in [2.75, 3.05) is 19.7 Å². The van der Waals surface area contributed by atoms with Crippen molar-refractivity contribution in [1.29, 1.82) is 0 Å². The molecule has 1 aromatic carbocycles. The van der Waals surface area contributed by atoms with Crippen molar-refractivity contribution in [2.24, 2.45) is 0 Å². The first kappa shape index (κ1) is 13.8. The first-order valence-electron chi connectivity index (χ1n) is 7.61. The van der Waals surface area contributed by atoms with E-state index in [2.05, 4.69) is 18.7 Å². The minimum atomic E-state index is 0.237. The van der Waals surface area contributed by atoms with Crippen LogP contribution in [0.2, 0.25) is 0 Å². The molecule has 3 heteroatoms. The van der Waals surface area contributed by atoms with E-state index in [-0.39, 0.29) is 5.78 Å². The highest BCUT2D eigenvalue weighted by Gasteiger charge is 2.36. The Labute approximate surface area is 120 Å². The highest BCUT2D eigenvalue weighted by atomic mass is 16.5. The Morgan fingerprint density at radius 3 is 2.95 bits per heavy atom. The van der Waals surface area contributed by atoms with Crippen LogP contribution in [0.15, 0.2) is 18.2 Å². The van der Waals surface area contributed by atoms with E-state index in [4.69, 9.17) is 4.74 Å². The fraction of sp³-hybridized carbons (Fsp3) is 0.588. The van der Waals surface area contributed by atoms with E-state index in [0.29, 0.717) is 18.7 Å². The van der Waals surface area contributed by atoms with Crippen molar-refractivity contribution in [3.05, 3.63) is 34.9 Å². The van der Waals surface area contributed by atoms with E-state index in [1.165, 1.54) is 24.0 Å². The van der Waals surface area contributed by atoms with Gasteiger partial charge in [-0.2, -0.15) is 0 Å². The molecule has 1 aliphatic carbocycles. The van der Waals surface area contributed by atoms with Crippen LogP contribution in [0.3, 0.4) is 0 Å². The maximum atomic E-state index is 12.5. The summed E-state index contributed by atoms with van der Waals surface area (Å²) < 4.78 is 5.80. The second-order valence-electron chi connectivity index (χ2n) is 6.10. The lowest BCUT2D eigenvalue weighted by Crippen LogP contribution is -2.50. The molecule has 1 aromatic rings. The monoisotopic (exact) mass is 273 g/mol. The van der Waals surface area contributed by atoms with Gasteiger partial charge in [0.2, 0.25) is 0 Å². The molecule has 0 spiro atoms. The third-order valence-electron chi connectivity index (χ3n) is 4.77. The SMILES string of the molecule is Cc1ccc(C(=O)CN2CCOC3CCCC32)cc1C. The lowest BCUT2D eigenvalue weighted by atomic mass is 10.0. The largest absolute Gasteiger partial charge is 0.375 e. The number of morpholine rings is 1. The molecular weight excluding hydrogens is 250 g/mol. The number of carbonyl (C=O) groups is 1. The van der Waals surface area contributed by atoms with E-state index in [0.717, 1.165) is 25.1 Å². The predicted molar refractivity (Wildman–Crippen MR) is 79.2 cm³/mol. The molecule has 20 heavy (non-hydrogen) atoms. The lowest BCUT2D eigenvalue weighted by Gasteiger charge is -2.37. The fourth-order valence-electron chi connectivity index (χ4n) is 3.39. The summed E-state index contributed by atoms with van der Waals surface area (Å²) >= 11 is 0. The summed E-state index contributed by atoms with van der Waals surface area (Å²) in [6.07, 6.45) is 3.91. The highest BCUT2D eigenvalue weighted by Crippen LogP contribution is 2.29. The number of Topliss-reactive ketones (excluding diaryl/α,β-unsaturated/α-hetero) is 1. The smallest absolute Gasteiger partial charge is 0.176 e. The van der Waals surface area contributed by atoms with Gasteiger partial charge >= 0.3 is 0 Å². The van der Waals surface area contributed by atoms with Gasteiger partial charge in [0.1, 0.15) is 0 Å². The minimum Gasteiger partial charge on any atom is -0.375 e. The quantitative estimate of drug-likeness (QED) is 0.793. The number of hydrogen-bond donors (Lipinski definition) is 0. The third kappa shape index (κ3) is 2.65. The summed E-state index contributed by atoms with van der Waals surface area (Å²) in [5, 5.41) is 0. The van der Waals surface area contributed by atoms with E-state index >= 15 is 0 Å². The van der Waals surface area contributed by atoms with Gasteiger partial charge in [-0.25, -0.2) is 0 Å². The number of benzene rings is 1. The van der Waals surface area contributed by atoms with Crippen LogP contribution in [-0.2, 0) is 4.74 Å². The van der Waals surface area contributed by atoms with Crippen LogP contribution in [-0.4, -0.2) is 42.5 Å². The van der Waals surface area contributed by atoms with Crippen LogP contribution in [0.4, 0.5) is 0 Å². The average molecular weight is 273 g/mol. The van der Waals surface area contributed by atoms with Crippen molar-refractivity contribution in [1.82, 2.24) is 4.90 Å². The number of ether oxygens (including phenoxy) is 1. The second kappa shape index (κ2) is 5.66. The van der Waals surface area contributed by atoms with Crippen molar-refractivity contribution < 1.29 is 9.53 Å². The number of aryl methyl sites for hydroxylation is 2. The zero-order valence-electron chi connectivity index (χ0n) is 12.4. The molecule has 1 saturated carbocycles. The molecule has 3 nitrogen and oxygen atoms in total. The molecule has 1 heterocycles. The number of fused-ring (bicyclic) bond motifs is 1. The van der Waals surface area contributed by atoms with Crippen molar-refractivity contribution in [3.63, 3.8) is 0 Å². The van der Waals surface area contributed by atoms with Crippen LogP contribution in [0, 0.1) is 13.8 Å². The zero-order chi connectivity index (χ0) is 14.1. The van der Waals surface area contributed by atoms with E-state index in [1.54, 1.807) is 0 Å². The molecule has 0 aromatic heterocycles. The normalized spacial score (nSPS) is 26.5. The summed E-state index contributed by atoms with van der Waals surface area (Å²) in [6, 6.07) is 6.47. The molecule has 0 bridgehead atoms. The van der Waals surface area contributed by atoms with Crippen LogP contribution in [0.25, 0.3) is 0 Å². The van der Waals surface area contributed by atoms with Gasteiger partial charge in [-0.15, -0.1) is 0 Å². The van der Waals surface area contributed by atoms with Crippen LogP contribution >= 0.6 is 0 Å². The van der Waals surface area contributed by atoms with Gasteiger partial charge in [0.15, 0.2) is 5.78 Å². The molecule has 1 aliphatic heterocycles. The zero-order valence-corrected chi connectivity index (χ0v) is 12.4. The average Bonchev–Trinajstić information content (AvgIpc) is 2.91. The molecule has 3 rings (SSSR count). The fourth-order valence-corrected chi connectivity index (χ4v) is 3.39. The Bertz CT molecular complexity index is 512. The van der Waals surface area contributed by atoms with Crippen LogP contribution in [0.5, 0.6) is 0 Å². The Kier molecular flexibility index (Phi) is 3.90. The number of carbonyl (C=O) groups excluding carboxylic acids is 1. The first-order valence-corrected chi connectivity index (χ1v) is 7.61. The molecule has 2 unspecified atom stereocenters. The van der Waals surface area contributed by atoms with Crippen molar-refractivity contribution >= 4 is 5.78 Å². The Morgan fingerprint density at radius 1 is 1.30 bits per heavy atom. The molecule has 2 atom stereocenters. The van der Waals surface area contributed by atoms with Crippen molar-refractivity contribution in [2.45, 2.75) is 45.3 Å². The summed E-state index contributed by atoms with van der Waals surface area (Å²) in [4.78, 5) is 14.8. The molecule has 0 radical (unpaired) electrons. The topological polar surface area (TPSA) is 29.5 Å². The number of hydrogen-bond acceptors (Lipinski definition) is 3. The van der Waals surface area contributed by atoms with Gasteiger partial charge in [-0.05, 0) is 50.3 Å². The minimum absolute atomic E-state index is 0.237. The molecule has 2 fully saturated rings. The molecule has 0 amide bonds. The Balaban J connectivity index is 1.70. The summed E-state index contributed by atoms with van der Waals surface area (Å²) in [6.45, 7) is 6.33. The van der Waals surface area contributed by atoms with Crippen LogP contribution in [0.1, 0.15) is 40.7 Å². The molecule has 0 N–H and O–H groups in total. The Morgan fingerprint density at radius 2 is 2.15 bits per heavy atom. The number of nitrogens with zero attached hydrogens (tertiary/aromatic N) is 1. The van der Waals surface area contributed by atoms with Gasteiger partial charge in [0.05, 0.1) is 19.3 Å². The summed E-state index contributed by atoms with van der Waals surface area (Å²) in [5.74, 6) is 0.237. The highest BCUT2D eigenvalue weighted by molar-refractivity contribution is 5.97. The molecule has 108 valence electrons. The van der Waals surface area contributed by atoms with E-state index in [9.17, 15) is 4.79 Å². The molecule has 1 saturated heterocycles. The van der Waals surface area contributed by atoms with Crippen molar-refractivity contribution in [3.8, 4) is 0 Å². The van der Waals surface area contributed by atoms with Gasteiger partial charge in [0.25, 0.3) is 0 Å². The third-order valence-corrected chi connectivity index (χ3v) is 4.77. The van der Waals surface area contributed by atoms with Gasteiger partial charge in [-0.3, -0.25) is 9.69 Å². The standard InChI is InChI=1S/C17H23NO2/c1-12-6-7-14(10-13(12)2)16(19)11-18-8-9-20-17-5-3-4-15(17)18/h6-7,10,15,17H,3-5,8-9,11H2,1-2H3. The number of ketones is 1. The summed E-state index contributed by atoms with van der Waals surface area (Å²) in [7, 11) is 0. The molecule has 2 aliphatic rings. The summed E-state index contributed by atoms with van der Waals surface area (Å²) in [5.41, 5.74) is 3.27. The Hall–Kier alpha value is -1.19. The van der Waals surface area contributed by atoms with Gasteiger partial charge in [0, 0.05) is 18.2 Å². The van der Waals surface area contributed by atoms with Crippen LogP contribution < -0.4 is 0 Å². The second-order valence-corrected chi connectivity index (χ2v) is 6.10.